The second-order valence-electron chi connectivity index (χ2n) is 4.00. The van der Waals surface area contributed by atoms with E-state index < -0.39 is 12.2 Å². The second kappa shape index (κ2) is 5.82. The third-order valence-corrected chi connectivity index (χ3v) is 2.77. The Hall–Kier alpha value is -0.620. The lowest BCUT2D eigenvalue weighted by atomic mass is 10.1. The quantitative estimate of drug-likeness (QED) is 0.788. The Labute approximate surface area is 113 Å². The highest BCUT2D eigenvalue weighted by Crippen LogP contribution is 2.19. The molecule has 1 aromatic rings. The number of rotatable bonds is 4. The van der Waals surface area contributed by atoms with Crippen molar-refractivity contribution < 1.29 is 15.0 Å². The summed E-state index contributed by atoms with van der Waals surface area (Å²) in [5.74, 6) is -0.359. The molecule has 0 aromatic heterocycles. The first-order valence-corrected chi connectivity index (χ1v) is 6.09. The Kier molecular flexibility index (Phi) is 4.94. The number of halogens is 2. The zero-order valence-electron chi connectivity index (χ0n) is 9.20. The van der Waals surface area contributed by atoms with E-state index in [2.05, 4.69) is 21.2 Å². The minimum absolute atomic E-state index is 0.0353. The van der Waals surface area contributed by atoms with Crippen LogP contribution >= 0.6 is 27.5 Å². The maximum Gasteiger partial charge on any atom is 0.251 e. The van der Waals surface area contributed by atoms with Gasteiger partial charge in [0.1, 0.15) is 5.60 Å². The summed E-state index contributed by atoms with van der Waals surface area (Å²) < 4.78 is 0.698. The summed E-state index contributed by atoms with van der Waals surface area (Å²) in [6, 6.07) is 4.81. The van der Waals surface area contributed by atoms with E-state index in [1.807, 2.05) is 0 Å². The van der Waals surface area contributed by atoms with E-state index in [1.165, 1.54) is 13.0 Å². The molecule has 0 fully saturated rings. The van der Waals surface area contributed by atoms with E-state index in [0.717, 1.165) is 0 Å². The van der Waals surface area contributed by atoms with Crippen LogP contribution < -0.4 is 5.32 Å². The average Bonchev–Trinajstić information content (AvgIpc) is 2.24. The molecule has 17 heavy (non-hydrogen) atoms. The number of amides is 1. The SMILES string of the molecule is CC(O)(CO)CNC(=O)c1cc(Cl)cc(Br)c1. The molecule has 0 aliphatic heterocycles. The van der Waals surface area contributed by atoms with E-state index in [4.69, 9.17) is 16.7 Å². The summed E-state index contributed by atoms with van der Waals surface area (Å²) >= 11 is 9.04. The van der Waals surface area contributed by atoms with Crippen LogP contribution in [0.2, 0.25) is 5.02 Å². The van der Waals surface area contributed by atoms with Crippen molar-refractivity contribution in [2.24, 2.45) is 0 Å². The van der Waals surface area contributed by atoms with Crippen LogP contribution in [-0.2, 0) is 0 Å². The Balaban J connectivity index is 2.70. The van der Waals surface area contributed by atoms with Gasteiger partial charge in [0.15, 0.2) is 0 Å². The lowest BCUT2D eigenvalue weighted by molar-refractivity contribution is 0.00320. The fraction of sp³-hybridized carbons (Fsp3) is 0.364. The Morgan fingerprint density at radius 3 is 2.71 bits per heavy atom. The highest BCUT2D eigenvalue weighted by molar-refractivity contribution is 9.10. The first-order valence-electron chi connectivity index (χ1n) is 4.91. The number of benzene rings is 1. The third-order valence-electron chi connectivity index (χ3n) is 2.10. The van der Waals surface area contributed by atoms with E-state index in [1.54, 1.807) is 12.1 Å². The van der Waals surface area contributed by atoms with Crippen LogP contribution in [0.15, 0.2) is 22.7 Å². The van der Waals surface area contributed by atoms with Gasteiger partial charge in [0.2, 0.25) is 0 Å². The first-order chi connectivity index (χ1) is 7.84. The fourth-order valence-electron chi connectivity index (χ4n) is 1.11. The molecule has 1 amide bonds. The smallest absolute Gasteiger partial charge is 0.251 e. The van der Waals surface area contributed by atoms with Gasteiger partial charge in [0.05, 0.1) is 6.61 Å². The van der Waals surface area contributed by atoms with E-state index in [-0.39, 0.29) is 12.5 Å². The van der Waals surface area contributed by atoms with Gasteiger partial charge in [0, 0.05) is 21.6 Å². The summed E-state index contributed by atoms with van der Waals surface area (Å²) in [5.41, 5.74) is -0.941. The zero-order valence-corrected chi connectivity index (χ0v) is 11.5. The molecule has 0 saturated heterocycles. The number of hydrogen-bond acceptors (Lipinski definition) is 3. The average molecular weight is 323 g/mol. The normalized spacial score (nSPS) is 14.2. The Morgan fingerprint density at radius 2 is 2.18 bits per heavy atom. The van der Waals surface area contributed by atoms with Gasteiger partial charge < -0.3 is 15.5 Å². The predicted octanol–water partition coefficient (Wildman–Crippen LogP) is 1.58. The molecule has 0 radical (unpaired) electrons. The molecule has 0 aliphatic rings. The Morgan fingerprint density at radius 1 is 1.53 bits per heavy atom. The maximum atomic E-state index is 11.7. The third kappa shape index (κ3) is 4.63. The summed E-state index contributed by atoms with van der Waals surface area (Å²) in [7, 11) is 0. The highest BCUT2D eigenvalue weighted by atomic mass is 79.9. The maximum absolute atomic E-state index is 11.7. The topological polar surface area (TPSA) is 69.6 Å². The Bertz CT molecular complexity index is 403. The second-order valence-corrected chi connectivity index (χ2v) is 5.35. The van der Waals surface area contributed by atoms with Gasteiger partial charge in [-0.15, -0.1) is 0 Å². The van der Waals surface area contributed by atoms with Crippen molar-refractivity contribution in [2.45, 2.75) is 12.5 Å². The number of aliphatic hydroxyl groups excluding tert-OH is 1. The van der Waals surface area contributed by atoms with Crippen molar-refractivity contribution in [2.75, 3.05) is 13.2 Å². The molecule has 0 heterocycles. The van der Waals surface area contributed by atoms with Gasteiger partial charge in [-0.1, -0.05) is 27.5 Å². The molecule has 0 aliphatic carbocycles. The molecule has 94 valence electrons. The number of aliphatic hydroxyl groups is 2. The lowest BCUT2D eigenvalue weighted by Crippen LogP contribution is -2.43. The molecule has 0 bridgehead atoms. The van der Waals surface area contributed by atoms with Crippen molar-refractivity contribution in [3.05, 3.63) is 33.3 Å². The van der Waals surface area contributed by atoms with Gasteiger partial charge in [-0.2, -0.15) is 0 Å². The van der Waals surface area contributed by atoms with Gasteiger partial charge in [-0.3, -0.25) is 4.79 Å². The highest BCUT2D eigenvalue weighted by Gasteiger charge is 2.20. The molecule has 3 N–H and O–H groups in total. The number of nitrogens with one attached hydrogen (secondary N) is 1. The molecule has 0 saturated carbocycles. The monoisotopic (exact) mass is 321 g/mol. The van der Waals surface area contributed by atoms with Crippen LogP contribution in [0.1, 0.15) is 17.3 Å². The molecular weight excluding hydrogens is 309 g/mol. The summed E-state index contributed by atoms with van der Waals surface area (Å²) in [5, 5.41) is 21.3. The van der Waals surface area contributed by atoms with Crippen LogP contribution in [0.5, 0.6) is 0 Å². The van der Waals surface area contributed by atoms with Crippen molar-refractivity contribution in [3.8, 4) is 0 Å². The van der Waals surface area contributed by atoms with Crippen LogP contribution in [0.25, 0.3) is 0 Å². The molecule has 6 heteroatoms. The number of carbonyl (C=O) groups is 1. The van der Waals surface area contributed by atoms with Crippen LogP contribution in [-0.4, -0.2) is 34.9 Å². The molecule has 0 spiro atoms. The van der Waals surface area contributed by atoms with Crippen molar-refractivity contribution in [1.82, 2.24) is 5.32 Å². The van der Waals surface area contributed by atoms with Crippen molar-refractivity contribution >= 4 is 33.4 Å². The van der Waals surface area contributed by atoms with Crippen molar-refractivity contribution in [3.63, 3.8) is 0 Å². The molecular formula is C11H13BrClNO3. The molecule has 1 rings (SSSR count). The van der Waals surface area contributed by atoms with Crippen LogP contribution in [0, 0.1) is 0 Å². The zero-order chi connectivity index (χ0) is 13.1. The fourth-order valence-corrected chi connectivity index (χ4v) is 1.97. The van der Waals surface area contributed by atoms with Gasteiger partial charge >= 0.3 is 0 Å². The van der Waals surface area contributed by atoms with Gasteiger partial charge in [-0.25, -0.2) is 0 Å². The van der Waals surface area contributed by atoms with E-state index >= 15 is 0 Å². The minimum atomic E-state index is -1.33. The van der Waals surface area contributed by atoms with Gasteiger partial charge in [-0.05, 0) is 25.1 Å². The number of hydrogen-bond donors (Lipinski definition) is 3. The number of carbonyl (C=O) groups excluding carboxylic acids is 1. The van der Waals surface area contributed by atoms with E-state index in [0.29, 0.717) is 15.1 Å². The molecule has 1 unspecified atom stereocenters. The minimum Gasteiger partial charge on any atom is -0.393 e. The summed E-state index contributed by atoms with van der Waals surface area (Å²) in [6.45, 7) is 0.972. The first kappa shape index (κ1) is 14.4. The summed E-state index contributed by atoms with van der Waals surface area (Å²) in [6.07, 6.45) is 0. The molecule has 1 atom stereocenters. The largest absolute Gasteiger partial charge is 0.393 e. The lowest BCUT2D eigenvalue weighted by Gasteiger charge is -2.20. The predicted molar refractivity (Wildman–Crippen MR) is 69.2 cm³/mol. The van der Waals surface area contributed by atoms with Crippen molar-refractivity contribution in [1.29, 1.82) is 0 Å². The summed E-state index contributed by atoms with van der Waals surface area (Å²) in [4.78, 5) is 11.7. The van der Waals surface area contributed by atoms with Crippen LogP contribution in [0.4, 0.5) is 0 Å². The van der Waals surface area contributed by atoms with Crippen LogP contribution in [0.3, 0.4) is 0 Å². The van der Waals surface area contributed by atoms with Gasteiger partial charge in [0.25, 0.3) is 5.91 Å². The molecule has 1 aromatic carbocycles. The molecule has 4 nitrogen and oxygen atoms in total. The van der Waals surface area contributed by atoms with E-state index in [9.17, 15) is 9.90 Å². The standard InChI is InChI=1S/C11H13BrClNO3/c1-11(17,6-15)5-14-10(16)7-2-8(12)4-9(13)3-7/h2-4,15,17H,5-6H2,1H3,(H,14,16).